The molecule has 24 heavy (non-hydrogen) atoms. The second kappa shape index (κ2) is 8.91. The van der Waals surface area contributed by atoms with Gasteiger partial charge >= 0.3 is 12.1 Å². The first kappa shape index (κ1) is 19.5. The van der Waals surface area contributed by atoms with E-state index in [-0.39, 0.29) is 0 Å². The van der Waals surface area contributed by atoms with E-state index in [4.69, 9.17) is 9.47 Å². The molecule has 0 aliphatic carbocycles. The van der Waals surface area contributed by atoms with E-state index in [1.807, 2.05) is 30.3 Å². The van der Waals surface area contributed by atoms with Crippen molar-refractivity contribution in [3.05, 3.63) is 61.2 Å². The molecule has 1 aromatic carbocycles. The summed E-state index contributed by atoms with van der Waals surface area (Å²) in [6.07, 6.45) is 1.73. The van der Waals surface area contributed by atoms with Gasteiger partial charge in [-0.2, -0.15) is 0 Å². The molecule has 0 fully saturated rings. The molecule has 1 rings (SSSR count). The molecular weight excluding hydrogens is 306 g/mol. The molecule has 0 saturated carbocycles. The Morgan fingerprint density at radius 1 is 1.21 bits per heavy atom. The van der Waals surface area contributed by atoms with E-state index in [2.05, 4.69) is 18.5 Å². The normalized spacial score (nSPS) is 13.3. The lowest BCUT2D eigenvalue weighted by molar-refractivity contribution is -0.142. The highest BCUT2D eigenvalue weighted by molar-refractivity contribution is 5.81. The van der Waals surface area contributed by atoms with E-state index in [0.29, 0.717) is 6.42 Å². The number of carbonyl (C=O) groups is 2. The number of carbonyl (C=O) groups excluding carboxylic acids is 2. The van der Waals surface area contributed by atoms with Gasteiger partial charge in [0.15, 0.2) is 0 Å². The second-order valence-electron chi connectivity index (χ2n) is 6.28. The SMILES string of the molecule is C=CC(=O)O[C@@H](C=C)[C@H](Cc1ccccc1)NC(=O)OC(C)(C)C. The summed E-state index contributed by atoms with van der Waals surface area (Å²) in [6.45, 7) is 12.4. The Hall–Kier alpha value is -2.56. The molecule has 0 aromatic heterocycles. The van der Waals surface area contributed by atoms with Gasteiger partial charge in [0.2, 0.25) is 0 Å². The van der Waals surface area contributed by atoms with Gasteiger partial charge in [-0.15, -0.1) is 0 Å². The highest BCUT2D eigenvalue weighted by Crippen LogP contribution is 2.13. The molecule has 5 nitrogen and oxygen atoms in total. The zero-order chi connectivity index (χ0) is 18.2. The first-order valence-electron chi connectivity index (χ1n) is 7.74. The number of hydrogen-bond acceptors (Lipinski definition) is 4. The van der Waals surface area contributed by atoms with Gasteiger partial charge in [-0.3, -0.25) is 0 Å². The summed E-state index contributed by atoms with van der Waals surface area (Å²) in [7, 11) is 0. The van der Waals surface area contributed by atoms with Crippen molar-refractivity contribution < 1.29 is 19.1 Å². The van der Waals surface area contributed by atoms with Crippen LogP contribution in [0.3, 0.4) is 0 Å². The van der Waals surface area contributed by atoms with Gasteiger partial charge in [0.1, 0.15) is 11.7 Å². The van der Waals surface area contributed by atoms with E-state index in [9.17, 15) is 9.59 Å². The first-order chi connectivity index (χ1) is 11.2. The standard InChI is InChI=1S/C19H25NO4/c1-6-16(23-17(21)7-2)15(13-14-11-9-8-10-12-14)20-18(22)24-19(3,4)5/h6-12,15-16H,1-2,13H2,3-5H3,(H,20,22)/t15-,16-/m0/s1. The number of rotatable bonds is 7. The maximum absolute atomic E-state index is 12.1. The van der Waals surface area contributed by atoms with Crippen LogP contribution in [0.4, 0.5) is 4.79 Å². The van der Waals surface area contributed by atoms with Crippen molar-refractivity contribution in [1.29, 1.82) is 0 Å². The Morgan fingerprint density at radius 2 is 1.83 bits per heavy atom. The van der Waals surface area contributed by atoms with Crippen molar-refractivity contribution >= 4 is 12.1 Å². The number of alkyl carbamates (subject to hydrolysis) is 1. The second-order valence-corrected chi connectivity index (χ2v) is 6.28. The smallest absolute Gasteiger partial charge is 0.408 e. The predicted octanol–water partition coefficient (Wildman–Crippen LogP) is 3.41. The van der Waals surface area contributed by atoms with Crippen molar-refractivity contribution in [2.45, 2.75) is 44.9 Å². The Labute approximate surface area is 143 Å². The highest BCUT2D eigenvalue weighted by Gasteiger charge is 2.26. The summed E-state index contributed by atoms with van der Waals surface area (Å²) >= 11 is 0. The molecule has 0 saturated heterocycles. The van der Waals surface area contributed by atoms with E-state index in [1.165, 1.54) is 6.08 Å². The van der Waals surface area contributed by atoms with Crippen LogP contribution in [0.2, 0.25) is 0 Å². The van der Waals surface area contributed by atoms with Crippen LogP contribution >= 0.6 is 0 Å². The minimum atomic E-state index is -0.705. The number of hydrogen-bond donors (Lipinski definition) is 1. The average Bonchev–Trinajstić information content (AvgIpc) is 2.51. The maximum atomic E-state index is 12.1. The predicted molar refractivity (Wildman–Crippen MR) is 93.6 cm³/mol. The zero-order valence-electron chi connectivity index (χ0n) is 14.5. The molecule has 1 amide bonds. The third-order valence-corrected chi connectivity index (χ3v) is 3.05. The van der Waals surface area contributed by atoms with Crippen LogP contribution in [0.5, 0.6) is 0 Å². The first-order valence-corrected chi connectivity index (χ1v) is 7.74. The monoisotopic (exact) mass is 331 g/mol. The van der Waals surface area contributed by atoms with Gasteiger partial charge < -0.3 is 14.8 Å². The Kier molecular flexibility index (Phi) is 7.24. The molecule has 0 bridgehead atoms. The molecular formula is C19H25NO4. The summed E-state index contributed by atoms with van der Waals surface area (Å²) < 4.78 is 10.6. The van der Waals surface area contributed by atoms with Crippen LogP contribution in [0, 0.1) is 0 Å². The number of esters is 1. The van der Waals surface area contributed by atoms with E-state index >= 15 is 0 Å². The largest absolute Gasteiger partial charge is 0.453 e. The fourth-order valence-corrected chi connectivity index (χ4v) is 2.05. The Balaban J connectivity index is 2.92. The molecule has 5 heteroatoms. The molecule has 0 unspecified atom stereocenters. The van der Waals surface area contributed by atoms with Crippen LogP contribution in [-0.4, -0.2) is 29.8 Å². The van der Waals surface area contributed by atoms with E-state index in [0.717, 1.165) is 11.6 Å². The summed E-state index contributed by atoms with van der Waals surface area (Å²) in [5.74, 6) is -0.580. The van der Waals surface area contributed by atoms with Crippen LogP contribution in [0.1, 0.15) is 26.3 Å². The number of nitrogens with one attached hydrogen (secondary N) is 1. The van der Waals surface area contributed by atoms with Gasteiger partial charge in [0.05, 0.1) is 6.04 Å². The molecule has 1 N–H and O–H groups in total. The minimum Gasteiger partial charge on any atom is -0.453 e. The van der Waals surface area contributed by atoms with Gasteiger partial charge in [0, 0.05) is 6.08 Å². The van der Waals surface area contributed by atoms with Gasteiger partial charge in [-0.05, 0) is 38.8 Å². The molecule has 0 aliphatic rings. The minimum absolute atomic E-state index is 0.460. The maximum Gasteiger partial charge on any atom is 0.408 e. The van der Waals surface area contributed by atoms with Crippen molar-refractivity contribution in [3.8, 4) is 0 Å². The van der Waals surface area contributed by atoms with E-state index < -0.39 is 29.8 Å². The molecule has 2 atom stereocenters. The summed E-state index contributed by atoms with van der Waals surface area (Å²) in [5.41, 5.74) is 0.364. The number of benzene rings is 1. The number of ether oxygens (including phenoxy) is 2. The fraction of sp³-hybridized carbons (Fsp3) is 0.368. The average molecular weight is 331 g/mol. The van der Waals surface area contributed by atoms with Crippen LogP contribution < -0.4 is 5.32 Å². The van der Waals surface area contributed by atoms with Gasteiger partial charge in [-0.1, -0.05) is 43.5 Å². The van der Waals surface area contributed by atoms with Gasteiger partial charge in [0.25, 0.3) is 0 Å². The summed E-state index contributed by atoms with van der Waals surface area (Å²) in [5, 5.41) is 2.76. The van der Waals surface area contributed by atoms with Crippen LogP contribution in [0.25, 0.3) is 0 Å². The lowest BCUT2D eigenvalue weighted by atomic mass is 10.0. The van der Waals surface area contributed by atoms with Crippen molar-refractivity contribution in [3.63, 3.8) is 0 Å². The molecule has 0 spiro atoms. The van der Waals surface area contributed by atoms with Crippen LogP contribution in [-0.2, 0) is 20.7 Å². The quantitative estimate of drug-likeness (QED) is 0.472. The lowest BCUT2D eigenvalue weighted by Crippen LogP contribution is -2.47. The Bertz CT molecular complexity index is 575. The van der Waals surface area contributed by atoms with Crippen molar-refractivity contribution in [2.75, 3.05) is 0 Å². The van der Waals surface area contributed by atoms with E-state index in [1.54, 1.807) is 20.8 Å². The zero-order valence-corrected chi connectivity index (χ0v) is 14.5. The highest BCUT2D eigenvalue weighted by atomic mass is 16.6. The lowest BCUT2D eigenvalue weighted by Gasteiger charge is -2.27. The van der Waals surface area contributed by atoms with Crippen LogP contribution in [0.15, 0.2) is 55.6 Å². The summed E-state index contributed by atoms with van der Waals surface area (Å²) in [4.78, 5) is 23.6. The Morgan fingerprint density at radius 3 is 2.33 bits per heavy atom. The third kappa shape index (κ3) is 7.13. The molecule has 130 valence electrons. The van der Waals surface area contributed by atoms with Gasteiger partial charge in [-0.25, -0.2) is 9.59 Å². The molecule has 0 radical (unpaired) electrons. The molecule has 1 aromatic rings. The molecule has 0 heterocycles. The summed E-state index contributed by atoms with van der Waals surface area (Å²) in [6, 6.07) is 9.06. The fourth-order valence-electron chi connectivity index (χ4n) is 2.05. The topological polar surface area (TPSA) is 64.6 Å². The number of amides is 1. The third-order valence-electron chi connectivity index (χ3n) is 3.05. The van der Waals surface area contributed by atoms with Crippen molar-refractivity contribution in [2.24, 2.45) is 0 Å². The molecule has 0 aliphatic heterocycles. The van der Waals surface area contributed by atoms with Crippen molar-refractivity contribution in [1.82, 2.24) is 5.32 Å².